The lowest BCUT2D eigenvalue weighted by Crippen LogP contribution is -2.15. The smallest absolute Gasteiger partial charge is 0.133 e. The first-order valence-corrected chi connectivity index (χ1v) is 6.63. The van der Waals surface area contributed by atoms with Gasteiger partial charge in [-0.2, -0.15) is 0 Å². The second-order valence-corrected chi connectivity index (χ2v) is 5.51. The summed E-state index contributed by atoms with van der Waals surface area (Å²) in [4.78, 5) is 0. The van der Waals surface area contributed by atoms with Crippen molar-refractivity contribution in [2.45, 2.75) is 6.42 Å². The molecule has 1 N–H and O–H groups in total. The Labute approximate surface area is 107 Å². The molecule has 1 aliphatic rings. The van der Waals surface area contributed by atoms with Gasteiger partial charge < -0.3 is 10.1 Å². The van der Waals surface area contributed by atoms with Crippen LogP contribution >= 0.6 is 31.9 Å². The highest BCUT2D eigenvalue weighted by Crippen LogP contribution is 2.28. The third kappa shape index (κ3) is 3.20. The maximum atomic E-state index is 5.77. The quantitative estimate of drug-likeness (QED) is 0.916. The SMILES string of the molecule is Brc1ccc(OC[C@@H]2CCNC2)c(Br)c1. The highest BCUT2D eigenvalue weighted by atomic mass is 79.9. The van der Waals surface area contributed by atoms with Crippen molar-refractivity contribution in [3.63, 3.8) is 0 Å². The highest BCUT2D eigenvalue weighted by molar-refractivity contribution is 9.11. The molecule has 1 atom stereocenters. The number of rotatable bonds is 3. The Balaban J connectivity index is 1.92. The Kier molecular flexibility index (Phi) is 4.05. The molecule has 1 aliphatic heterocycles. The molecule has 82 valence electrons. The third-order valence-corrected chi connectivity index (χ3v) is 3.64. The Morgan fingerprint density at radius 2 is 2.27 bits per heavy atom. The fraction of sp³-hybridized carbons (Fsp3) is 0.455. The molecule has 2 nitrogen and oxygen atoms in total. The summed E-state index contributed by atoms with van der Waals surface area (Å²) in [7, 11) is 0. The second-order valence-electron chi connectivity index (χ2n) is 3.74. The second kappa shape index (κ2) is 5.32. The average molecular weight is 335 g/mol. The van der Waals surface area contributed by atoms with E-state index in [-0.39, 0.29) is 0 Å². The van der Waals surface area contributed by atoms with E-state index in [4.69, 9.17) is 4.74 Å². The zero-order chi connectivity index (χ0) is 10.7. The van der Waals surface area contributed by atoms with Crippen molar-refractivity contribution in [3.05, 3.63) is 27.1 Å². The van der Waals surface area contributed by atoms with Crippen LogP contribution in [-0.2, 0) is 0 Å². The molecule has 1 heterocycles. The van der Waals surface area contributed by atoms with Gasteiger partial charge in [0.2, 0.25) is 0 Å². The van der Waals surface area contributed by atoms with E-state index in [0.717, 1.165) is 34.4 Å². The summed E-state index contributed by atoms with van der Waals surface area (Å²) in [6, 6.07) is 5.98. The van der Waals surface area contributed by atoms with Crippen molar-refractivity contribution in [2.24, 2.45) is 5.92 Å². The molecule has 1 fully saturated rings. The molecule has 0 saturated carbocycles. The molecule has 0 aliphatic carbocycles. The molecule has 0 amide bonds. The largest absolute Gasteiger partial charge is 0.492 e. The van der Waals surface area contributed by atoms with Gasteiger partial charge in [-0.05, 0) is 47.1 Å². The number of ether oxygens (including phenoxy) is 1. The lowest BCUT2D eigenvalue weighted by molar-refractivity contribution is 0.258. The number of halogens is 2. The van der Waals surface area contributed by atoms with Crippen LogP contribution in [0.15, 0.2) is 27.1 Å². The monoisotopic (exact) mass is 333 g/mol. The molecular weight excluding hydrogens is 322 g/mol. The zero-order valence-electron chi connectivity index (χ0n) is 8.30. The summed E-state index contributed by atoms with van der Waals surface area (Å²) >= 11 is 6.90. The number of benzene rings is 1. The molecule has 1 aromatic carbocycles. The van der Waals surface area contributed by atoms with E-state index in [0.29, 0.717) is 5.92 Å². The zero-order valence-corrected chi connectivity index (χ0v) is 11.5. The summed E-state index contributed by atoms with van der Waals surface area (Å²) in [6.45, 7) is 3.00. The van der Waals surface area contributed by atoms with Gasteiger partial charge in [0, 0.05) is 16.9 Å². The molecule has 4 heteroatoms. The number of hydrogen-bond donors (Lipinski definition) is 1. The standard InChI is InChI=1S/C11H13Br2NO/c12-9-1-2-11(10(13)5-9)15-7-8-3-4-14-6-8/h1-2,5,8,14H,3-4,6-7H2/t8-/m1/s1. The molecule has 15 heavy (non-hydrogen) atoms. The van der Waals surface area contributed by atoms with Crippen molar-refractivity contribution in [3.8, 4) is 5.75 Å². The molecular formula is C11H13Br2NO. The Morgan fingerprint density at radius 1 is 1.40 bits per heavy atom. The number of nitrogens with one attached hydrogen (secondary N) is 1. The van der Waals surface area contributed by atoms with Crippen molar-refractivity contribution in [2.75, 3.05) is 19.7 Å². The van der Waals surface area contributed by atoms with E-state index in [1.54, 1.807) is 0 Å². The van der Waals surface area contributed by atoms with Crippen LogP contribution in [0.25, 0.3) is 0 Å². The van der Waals surface area contributed by atoms with Gasteiger partial charge in [0.15, 0.2) is 0 Å². The van der Waals surface area contributed by atoms with E-state index in [2.05, 4.69) is 37.2 Å². The Hall–Kier alpha value is -0.0600. The summed E-state index contributed by atoms with van der Waals surface area (Å²) in [5.41, 5.74) is 0. The van der Waals surface area contributed by atoms with E-state index in [9.17, 15) is 0 Å². The molecule has 0 aromatic heterocycles. The van der Waals surface area contributed by atoms with Gasteiger partial charge in [-0.25, -0.2) is 0 Å². The number of hydrogen-bond acceptors (Lipinski definition) is 2. The van der Waals surface area contributed by atoms with Crippen molar-refractivity contribution < 1.29 is 4.74 Å². The predicted octanol–water partition coefficient (Wildman–Crippen LogP) is 3.20. The summed E-state index contributed by atoms with van der Waals surface area (Å²) in [5, 5.41) is 3.33. The first-order chi connectivity index (χ1) is 7.25. The van der Waals surface area contributed by atoms with Gasteiger partial charge in [0.1, 0.15) is 5.75 Å². The fourth-order valence-corrected chi connectivity index (χ4v) is 2.82. The van der Waals surface area contributed by atoms with Gasteiger partial charge in [-0.3, -0.25) is 0 Å². The van der Waals surface area contributed by atoms with E-state index < -0.39 is 0 Å². The van der Waals surface area contributed by atoms with Crippen LogP contribution in [0.3, 0.4) is 0 Å². The Bertz CT molecular complexity index is 337. The van der Waals surface area contributed by atoms with Gasteiger partial charge in [-0.15, -0.1) is 0 Å². The van der Waals surface area contributed by atoms with Crippen LogP contribution in [0.2, 0.25) is 0 Å². The van der Waals surface area contributed by atoms with Crippen LogP contribution in [0.1, 0.15) is 6.42 Å². The molecule has 0 radical (unpaired) electrons. The average Bonchev–Trinajstić information content (AvgIpc) is 2.69. The van der Waals surface area contributed by atoms with Crippen molar-refractivity contribution >= 4 is 31.9 Å². The minimum Gasteiger partial charge on any atom is -0.492 e. The van der Waals surface area contributed by atoms with Crippen LogP contribution in [0.4, 0.5) is 0 Å². The van der Waals surface area contributed by atoms with Gasteiger partial charge >= 0.3 is 0 Å². The molecule has 0 spiro atoms. The molecule has 1 saturated heterocycles. The van der Waals surface area contributed by atoms with Gasteiger partial charge in [0.05, 0.1) is 11.1 Å². The van der Waals surface area contributed by atoms with Crippen LogP contribution in [0.5, 0.6) is 5.75 Å². The highest BCUT2D eigenvalue weighted by Gasteiger charge is 2.15. The van der Waals surface area contributed by atoms with Crippen molar-refractivity contribution in [1.29, 1.82) is 0 Å². The van der Waals surface area contributed by atoms with Gasteiger partial charge in [0.25, 0.3) is 0 Å². The lowest BCUT2D eigenvalue weighted by Gasteiger charge is -2.12. The van der Waals surface area contributed by atoms with Crippen molar-refractivity contribution in [1.82, 2.24) is 5.32 Å². The van der Waals surface area contributed by atoms with Gasteiger partial charge in [-0.1, -0.05) is 15.9 Å². The molecule has 2 rings (SSSR count). The summed E-state index contributed by atoms with van der Waals surface area (Å²) < 4.78 is 7.83. The summed E-state index contributed by atoms with van der Waals surface area (Å²) in [6.07, 6.45) is 1.22. The lowest BCUT2D eigenvalue weighted by atomic mass is 10.1. The maximum absolute atomic E-state index is 5.77. The summed E-state index contributed by atoms with van der Waals surface area (Å²) in [5.74, 6) is 1.57. The predicted molar refractivity (Wildman–Crippen MR) is 68.3 cm³/mol. The third-order valence-electron chi connectivity index (χ3n) is 2.53. The minimum atomic E-state index is 0.653. The fourth-order valence-electron chi connectivity index (χ4n) is 1.66. The maximum Gasteiger partial charge on any atom is 0.133 e. The molecule has 1 aromatic rings. The van der Waals surface area contributed by atoms with Crippen LogP contribution < -0.4 is 10.1 Å². The van der Waals surface area contributed by atoms with Crippen LogP contribution in [0, 0.1) is 5.92 Å². The minimum absolute atomic E-state index is 0.653. The molecule has 0 unspecified atom stereocenters. The first kappa shape index (κ1) is 11.4. The van der Waals surface area contributed by atoms with E-state index in [1.165, 1.54) is 6.42 Å². The van der Waals surface area contributed by atoms with Crippen LogP contribution in [-0.4, -0.2) is 19.7 Å². The normalized spacial score (nSPS) is 20.5. The van der Waals surface area contributed by atoms with E-state index in [1.807, 2.05) is 18.2 Å². The Morgan fingerprint density at radius 3 is 2.93 bits per heavy atom. The van der Waals surface area contributed by atoms with E-state index >= 15 is 0 Å². The first-order valence-electron chi connectivity index (χ1n) is 5.04. The topological polar surface area (TPSA) is 21.3 Å². The molecule has 0 bridgehead atoms.